The van der Waals surface area contributed by atoms with Gasteiger partial charge in [0.15, 0.2) is 0 Å². The summed E-state index contributed by atoms with van der Waals surface area (Å²) < 4.78 is 5.93. The average molecular weight is 235 g/mol. The Kier molecular flexibility index (Phi) is 6.23. The number of ether oxygens (including phenoxy) is 1. The topological polar surface area (TPSA) is 21.3 Å². The Bertz CT molecular complexity index is 304. The van der Waals surface area contributed by atoms with Gasteiger partial charge in [0.05, 0.1) is 6.10 Å². The van der Waals surface area contributed by atoms with E-state index in [1.54, 1.807) is 0 Å². The molecule has 0 bridgehead atoms. The highest BCUT2D eigenvalue weighted by Crippen LogP contribution is 2.26. The number of nitrogens with one attached hydrogen (secondary N) is 1. The maximum absolute atomic E-state index is 5.93. The second kappa shape index (κ2) is 7.46. The van der Waals surface area contributed by atoms with Crippen LogP contribution < -0.4 is 5.32 Å². The van der Waals surface area contributed by atoms with Crippen molar-refractivity contribution in [3.63, 3.8) is 0 Å². The van der Waals surface area contributed by atoms with E-state index in [0.29, 0.717) is 0 Å². The minimum atomic E-state index is 0.134. The Morgan fingerprint density at radius 2 is 2.35 bits per heavy atom. The molecule has 1 aliphatic rings. The molecule has 0 aromatic rings. The lowest BCUT2D eigenvalue weighted by Gasteiger charge is -2.21. The van der Waals surface area contributed by atoms with Crippen LogP contribution in [0.25, 0.3) is 0 Å². The molecule has 0 radical (unpaired) electrons. The summed E-state index contributed by atoms with van der Waals surface area (Å²) in [6.07, 6.45) is 5.37. The normalized spacial score (nSPS) is 21.2. The zero-order valence-corrected chi connectivity index (χ0v) is 11.2. The first-order valence-electron chi connectivity index (χ1n) is 6.54. The second-order valence-corrected chi connectivity index (χ2v) is 4.59. The molecule has 0 saturated carbocycles. The van der Waals surface area contributed by atoms with Crippen LogP contribution in [-0.4, -0.2) is 25.8 Å². The van der Waals surface area contributed by atoms with E-state index < -0.39 is 0 Å². The van der Waals surface area contributed by atoms with Crippen LogP contribution >= 0.6 is 0 Å². The maximum atomic E-state index is 5.93. The molecular weight excluding hydrogens is 210 g/mol. The first kappa shape index (κ1) is 14.2. The zero-order chi connectivity index (χ0) is 12.7. The molecule has 1 unspecified atom stereocenters. The molecule has 2 nitrogen and oxygen atoms in total. The molecule has 0 aromatic carbocycles. The maximum Gasteiger partial charge on any atom is 0.0954 e. The molecule has 1 aliphatic heterocycles. The van der Waals surface area contributed by atoms with E-state index in [2.05, 4.69) is 32.3 Å². The summed E-state index contributed by atoms with van der Waals surface area (Å²) in [4.78, 5) is 0. The molecule has 0 saturated heterocycles. The highest BCUT2D eigenvalue weighted by atomic mass is 16.5. The average Bonchev–Trinajstić information content (AvgIpc) is 2.51. The van der Waals surface area contributed by atoms with Gasteiger partial charge in [0.2, 0.25) is 0 Å². The van der Waals surface area contributed by atoms with Crippen LogP contribution in [0, 0.1) is 0 Å². The van der Waals surface area contributed by atoms with Crippen LogP contribution in [0.4, 0.5) is 0 Å². The zero-order valence-electron chi connectivity index (χ0n) is 11.2. The molecule has 0 aliphatic carbocycles. The van der Waals surface area contributed by atoms with Gasteiger partial charge in [0.1, 0.15) is 0 Å². The fraction of sp³-hybridized carbons (Fsp3) is 0.600. The molecule has 96 valence electrons. The number of rotatable bonds is 6. The van der Waals surface area contributed by atoms with Gasteiger partial charge in [-0.2, -0.15) is 0 Å². The summed E-state index contributed by atoms with van der Waals surface area (Å²) >= 11 is 0. The summed E-state index contributed by atoms with van der Waals surface area (Å²) in [5.41, 5.74) is 3.66. The van der Waals surface area contributed by atoms with Crippen molar-refractivity contribution in [2.75, 3.05) is 19.7 Å². The van der Waals surface area contributed by atoms with Gasteiger partial charge >= 0.3 is 0 Å². The highest BCUT2D eigenvalue weighted by molar-refractivity contribution is 5.40. The lowest BCUT2D eigenvalue weighted by atomic mass is 9.94. The number of hydrogen-bond donors (Lipinski definition) is 1. The monoisotopic (exact) mass is 235 g/mol. The Balaban J connectivity index is 2.82. The minimum absolute atomic E-state index is 0.134. The van der Waals surface area contributed by atoms with E-state index in [4.69, 9.17) is 4.74 Å². The third-order valence-electron chi connectivity index (χ3n) is 3.04. The molecule has 2 heteroatoms. The predicted octanol–water partition coefficient (Wildman–Crippen LogP) is 3.22. The van der Waals surface area contributed by atoms with E-state index in [1.165, 1.54) is 11.1 Å². The summed E-state index contributed by atoms with van der Waals surface area (Å²) in [7, 11) is 0. The SMILES string of the molecule is C=CC1=C(C(=C)C)C(CNCCC)OCCC1. The number of hydrogen-bond acceptors (Lipinski definition) is 2. The number of allylic oxidation sites excluding steroid dienone is 2. The molecular formula is C15H25NO. The predicted molar refractivity (Wildman–Crippen MR) is 74.2 cm³/mol. The third-order valence-corrected chi connectivity index (χ3v) is 3.04. The molecule has 1 rings (SSSR count). The van der Waals surface area contributed by atoms with Crippen LogP contribution in [0.5, 0.6) is 0 Å². The molecule has 17 heavy (non-hydrogen) atoms. The minimum Gasteiger partial charge on any atom is -0.372 e. The van der Waals surface area contributed by atoms with E-state index in [1.807, 2.05) is 6.08 Å². The molecule has 0 spiro atoms. The standard InChI is InChI=1S/C15H25NO/c1-5-9-16-11-14-15(12(3)4)13(6-2)8-7-10-17-14/h6,14,16H,2-3,5,7-11H2,1,4H3. The second-order valence-electron chi connectivity index (χ2n) is 4.59. The molecule has 1 heterocycles. The van der Waals surface area contributed by atoms with Crippen LogP contribution in [0.1, 0.15) is 33.1 Å². The molecule has 1 atom stereocenters. The van der Waals surface area contributed by atoms with Crippen LogP contribution in [0.2, 0.25) is 0 Å². The van der Waals surface area contributed by atoms with Crippen molar-refractivity contribution in [1.82, 2.24) is 5.32 Å². The van der Waals surface area contributed by atoms with Crippen LogP contribution in [0.3, 0.4) is 0 Å². The summed E-state index contributed by atoms with van der Waals surface area (Å²) in [6.45, 7) is 15.0. The first-order valence-corrected chi connectivity index (χ1v) is 6.54. The Hall–Kier alpha value is -0.860. The van der Waals surface area contributed by atoms with E-state index >= 15 is 0 Å². The largest absolute Gasteiger partial charge is 0.372 e. The van der Waals surface area contributed by atoms with Crippen molar-refractivity contribution >= 4 is 0 Å². The Labute approximate surface area is 105 Å². The van der Waals surface area contributed by atoms with Gasteiger partial charge in [-0.1, -0.05) is 31.7 Å². The molecule has 1 N–H and O–H groups in total. The van der Waals surface area contributed by atoms with Gasteiger partial charge in [-0.25, -0.2) is 0 Å². The molecule has 0 amide bonds. The van der Waals surface area contributed by atoms with Gasteiger partial charge in [-0.05, 0) is 43.9 Å². The van der Waals surface area contributed by atoms with Gasteiger partial charge in [0.25, 0.3) is 0 Å². The first-order chi connectivity index (χ1) is 8.20. The quantitative estimate of drug-likeness (QED) is 0.714. The molecule has 0 fully saturated rings. The van der Waals surface area contributed by atoms with Gasteiger partial charge in [-0.15, -0.1) is 0 Å². The van der Waals surface area contributed by atoms with Crippen LogP contribution in [-0.2, 0) is 4.74 Å². The fourth-order valence-electron chi connectivity index (χ4n) is 2.24. The summed E-state index contributed by atoms with van der Waals surface area (Å²) in [5, 5.41) is 3.43. The fourth-order valence-corrected chi connectivity index (χ4v) is 2.24. The van der Waals surface area contributed by atoms with Crippen molar-refractivity contribution in [2.24, 2.45) is 0 Å². The smallest absolute Gasteiger partial charge is 0.0954 e. The van der Waals surface area contributed by atoms with Crippen LogP contribution in [0.15, 0.2) is 36.0 Å². The van der Waals surface area contributed by atoms with Crippen molar-refractivity contribution in [1.29, 1.82) is 0 Å². The lowest BCUT2D eigenvalue weighted by Crippen LogP contribution is -2.31. The summed E-state index contributed by atoms with van der Waals surface area (Å²) in [5.74, 6) is 0. The van der Waals surface area contributed by atoms with Crippen molar-refractivity contribution in [2.45, 2.75) is 39.2 Å². The lowest BCUT2D eigenvalue weighted by molar-refractivity contribution is 0.0820. The van der Waals surface area contributed by atoms with Gasteiger partial charge < -0.3 is 10.1 Å². The Morgan fingerprint density at radius 3 is 2.94 bits per heavy atom. The highest BCUT2D eigenvalue weighted by Gasteiger charge is 2.21. The molecule has 0 aromatic heterocycles. The third kappa shape index (κ3) is 4.14. The van der Waals surface area contributed by atoms with Crippen molar-refractivity contribution < 1.29 is 4.74 Å². The Morgan fingerprint density at radius 1 is 1.59 bits per heavy atom. The van der Waals surface area contributed by atoms with Crippen molar-refractivity contribution in [3.8, 4) is 0 Å². The van der Waals surface area contributed by atoms with Crippen molar-refractivity contribution in [3.05, 3.63) is 36.0 Å². The van der Waals surface area contributed by atoms with E-state index in [9.17, 15) is 0 Å². The van der Waals surface area contributed by atoms with E-state index in [0.717, 1.165) is 44.5 Å². The van der Waals surface area contributed by atoms with Gasteiger partial charge in [-0.3, -0.25) is 0 Å². The van der Waals surface area contributed by atoms with Gasteiger partial charge in [0, 0.05) is 13.2 Å². The summed E-state index contributed by atoms with van der Waals surface area (Å²) in [6, 6.07) is 0. The van der Waals surface area contributed by atoms with E-state index in [-0.39, 0.29) is 6.10 Å².